The summed E-state index contributed by atoms with van der Waals surface area (Å²) in [5, 5.41) is 23.5. The van der Waals surface area contributed by atoms with E-state index in [1.807, 2.05) is 0 Å². The molecular weight excluding hydrogens is 306 g/mol. The van der Waals surface area contributed by atoms with Crippen LogP contribution in [0.1, 0.15) is 16.8 Å². The van der Waals surface area contributed by atoms with Gasteiger partial charge in [-0.05, 0) is 0 Å². The molecule has 2 heterocycles. The number of primary amides is 1. The Morgan fingerprint density at radius 1 is 1.52 bits per heavy atom. The van der Waals surface area contributed by atoms with E-state index in [4.69, 9.17) is 10.5 Å². The van der Waals surface area contributed by atoms with Gasteiger partial charge in [0.2, 0.25) is 15.8 Å². The van der Waals surface area contributed by atoms with Crippen molar-refractivity contribution in [2.75, 3.05) is 12.8 Å². The van der Waals surface area contributed by atoms with Crippen LogP contribution in [0, 0.1) is 0 Å². The molecule has 21 heavy (non-hydrogen) atoms. The summed E-state index contributed by atoms with van der Waals surface area (Å²) in [6.07, 6.45) is -2.69. The first kappa shape index (κ1) is 15.8. The number of sulfonamides is 1. The lowest BCUT2D eigenvalue weighted by Gasteiger charge is -2.14. The molecule has 1 amide bonds. The minimum absolute atomic E-state index is 0.217. The Kier molecular flexibility index (Phi) is 4.25. The molecule has 0 spiro atoms. The van der Waals surface area contributed by atoms with E-state index in [1.165, 1.54) is 0 Å². The number of aliphatic hydroxyl groups is 2. The predicted octanol–water partition coefficient (Wildman–Crippen LogP) is -3.45. The summed E-state index contributed by atoms with van der Waals surface area (Å²) in [4.78, 5) is 14.5. The van der Waals surface area contributed by atoms with Crippen LogP contribution < -0.4 is 10.5 Å². The zero-order valence-electron chi connectivity index (χ0n) is 10.9. The van der Waals surface area contributed by atoms with Gasteiger partial charge in [-0.3, -0.25) is 4.79 Å². The van der Waals surface area contributed by atoms with Crippen molar-refractivity contribution in [3.63, 3.8) is 0 Å². The van der Waals surface area contributed by atoms with E-state index in [2.05, 4.69) is 14.8 Å². The van der Waals surface area contributed by atoms with Gasteiger partial charge in [0.15, 0.2) is 6.23 Å². The van der Waals surface area contributed by atoms with Gasteiger partial charge in [0, 0.05) is 6.54 Å². The average molecular weight is 321 g/mol. The van der Waals surface area contributed by atoms with E-state index >= 15 is 0 Å². The van der Waals surface area contributed by atoms with Gasteiger partial charge >= 0.3 is 0 Å². The second-order valence-corrected chi connectivity index (χ2v) is 6.41. The quantitative estimate of drug-likeness (QED) is 0.433. The number of ether oxygens (including phenoxy) is 1. The van der Waals surface area contributed by atoms with Gasteiger partial charge in [-0.1, -0.05) is 0 Å². The Labute approximate surface area is 119 Å². The van der Waals surface area contributed by atoms with Gasteiger partial charge in [-0.2, -0.15) is 0 Å². The Morgan fingerprint density at radius 3 is 2.71 bits per heavy atom. The van der Waals surface area contributed by atoms with Crippen molar-refractivity contribution < 1.29 is 28.2 Å². The lowest BCUT2D eigenvalue weighted by molar-refractivity contribution is -0.0428. The summed E-state index contributed by atoms with van der Waals surface area (Å²) < 4.78 is 30.6. The molecular formula is C9H15N5O6S. The first-order chi connectivity index (χ1) is 9.69. The Hall–Kier alpha value is -1.60. The third kappa shape index (κ3) is 3.54. The number of hydrogen-bond donors (Lipinski definition) is 4. The molecule has 1 saturated heterocycles. The molecule has 0 bridgehead atoms. The molecule has 1 aromatic rings. The molecule has 4 atom stereocenters. The van der Waals surface area contributed by atoms with Crippen LogP contribution in [-0.4, -0.2) is 70.4 Å². The highest BCUT2D eigenvalue weighted by atomic mass is 32.2. The van der Waals surface area contributed by atoms with Gasteiger partial charge in [-0.15, -0.1) is 5.10 Å². The molecule has 1 aliphatic heterocycles. The number of aliphatic hydroxyl groups excluding tert-OH is 2. The van der Waals surface area contributed by atoms with Crippen LogP contribution in [0.5, 0.6) is 0 Å². The molecule has 1 aromatic heterocycles. The Balaban J connectivity index is 2.10. The lowest BCUT2D eigenvalue weighted by Crippen LogP contribution is -2.39. The van der Waals surface area contributed by atoms with Gasteiger partial charge in [0.05, 0.1) is 6.26 Å². The molecule has 0 unspecified atom stereocenters. The fourth-order valence-electron chi connectivity index (χ4n) is 1.86. The zero-order chi connectivity index (χ0) is 15.8. The smallest absolute Gasteiger partial charge is 0.288 e. The zero-order valence-corrected chi connectivity index (χ0v) is 11.8. The highest BCUT2D eigenvalue weighted by molar-refractivity contribution is 7.88. The molecule has 2 rings (SSSR count). The van der Waals surface area contributed by atoms with Gasteiger partial charge in [-0.25, -0.2) is 22.8 Å². The summed E-state index contributed by atoms with van der Waals surface area (Å²) in [6, 6.07) is 0. The van der Waals surface area contributed by atoms with Gasteiger partial charge in [0.1, 0.15) is 24.6 Å². The predicted molar refractivity (Wildman–Crippen MR) is 67.3 cm³/mol. The van der Waals surface area contributed by atoms with Crippen LogP contribution in [-0.2, 0) is 14.8 Å². The second kappa shape index (κ2) is 5.65. The topological polar surface area (TPSA) is 170 Å². The number of nitrogens with zero attached hydrogens (tertiary/aromatic N) is 3. The van der Waals surface area contributed by atoms with Crippen LogP contribution >= 0.6 is 0 Å². The average Bonchev–Trinajstić information content (AvgIpc) is 2.94. The van der Waals surface area contributed by atoms with Crippen molar-refractivity contribution in [3.05, 3.63) is 12.2 Å². The van der Waals surface area contributed by atoms with Crippen molar-refractivity contribution in [2.24, 2.45) is 5.73 Å². The van der Waals surface area contributed by atoms with E-state index in [1.54, 1.807) is 0 Å². The Morgan fingerprint density at radius 2 is 2.19 bits per heavy atom. The number of rotatable bonds is 5. The van der Waals surface area contributed by atoms with E-state index in [0.717, 1.165) is 17.3 Å². The molecule has 12 heteroatoms. The van der Waals surface area contributed by atoms with Crippen LogP contribution in [0.2, 0.25) is 0 Å². The van der Waals surface area contributed by atoms with Crippen LogP contribution in [0.25, 0.3) is 0 Å². The van der Waals surface area contributed by atoms with E-state index in [-0.39, 0.29) is 12.4 Å². The standard InChI is InChI=1S/C9H15N5O6S/c1-21(18,19)12-2-4-5(15)6(16)9(20-4)14-3-11-8(13-14)7(10)17/h3-6,9,12,15-16H,2H2,1H3,(H2,10,17)/t4-,5-,6-,9-/m1/s1. The van der Waals surface area contributed by atoms with Crippen molar-refractivity contribution in [2.45, 2.75) is 24.5 Å². The maximum Gasteiger partial charge on any atom is 0.288 e. The summed E-state index contributed by atoms with van der Waals surface area (Å²) in [7, 11) is -3.46. The van der Waals surface area contributed by atoms with Crippen LogP contribution in [0.4, 0.5) is 0 Å². The van der Waals surface area contributed by atoms with Crippen LogP contribution in [0.15, 0.2) is 6.33 Å². The third-order valence-corrected chi connectivity index (χ3v) is 3.56. The summed E-state index contributed by atoms with van der Waals surface area (Å²) in [5.41, 5.74) is 5.00. The first-order valence-corrected chi connectivity index (χ1v) is 7.75. The van der Waals surface area contributed by atoms with Gasteiger partial charge < -0.3 is 20.7 Å². The number of nitrogens with two attached hydrogens (primary N) is 1. The molecule has 0 aliphatic carbocycles. The molecule has 0 radical (unpaired) electrons. The fourth-order valence-corrected chi connectivity index (χ4v) is 2.33. The number of nitrogens with one attached hydrogen (secondary N) is 1. The largest absolute Gasteiger partial charge is 0.387 e. The van der Waals surface area contributed by atoms with E-state index in [0.29, 0.717) is 0 Å². The monoisotopic (exact) mass is 321 g/mol. The van der Waals surface area contributed by atoms with Crippen molar-refractivity contribution in [3.8, 4) is 0 Å². The van der Waals surface area contributed by atoms with Crippen LogP contribution in [0.3, 0.4) is 0 Å². The number of carbonyl (C=O) groups excluding carboxylic acids is 1. The van der Waals surface area contributed by atoms with Crippen molar-refractivity contribution >= 4 is 15.9 Å². The van der Waals surface area contributed by atoms with Crippen molar-refractivity contribution in [1.29, 1.82) is 0 Å². The summed E-state index contributed by atoms with van der Waals surface area (Å²) in [5.74, 6) is -1.12. The second-order valence-electron chi connectivity index (χ2n) is 4.58. The maximum atomic E-state index is 11.0. The first-order valence-electron chi connectivity index (χ1n) is 5.86. The number of hydrogen-bond acceptors (Lipinski definition) is 8. The summed E-state index contributed by atoms with van der Waals surface area (Å²) >= 11 is 0. The summed E-state index contributed by atoms with van der Waals surface area (Å²) in [6.45, 7) is -0.217. The van der Waals surface area contributed by atoms with Gasteiger partial charge in [0.25, 0.3) is 5.91 Å². The molecule has 11 nitrogen and oxygen atoms in total. The van der Waals surface area contributed by atoms with E-state index < -0.39 is 40.5 Å². The molecule has 0 saturated carbocycles. The number of carbonyl (C=O) groups is 1. The highest BCUT2D eigenvalue weighted by Gasteiger charge is 2.44. The minimum Gasteiger partial charge on any atom is -0.387 e. The molecule has 1 aliphatic rings. The SMILES string of the molecule is CS(=O)(=O)NC[C@H]1O[C@@H](n2cnc(C(N)=O)n2)[C@H](O)[C@@H]1O. The molecule has 118 valence electrons. The number of aromatic nitrogens is 3. The highest BCUT2D eigenvalue weighted by Crippen LogP contribution is 2.28. The fraction of sp³-hybridized carbons (Fsp3) is 0.667. The van der Waals surface area contributed by atoms with E-state index in [9.17, 15) is 23.4 Å². The normalized spacial score (nSPS) is 29.7. The maximum absolute atomic E-state index is 11.0. The third-order valence-electron chi connectivity index (χ3n) is 2.87. The minimum atomic E-state index is -3.46. The molecule has 0 aromatic carbocycles. The molecule has 1 fully saturated rings. The molecule has 5 N–H and O–H groups in total. The lowest BCUT2D eigenvalue weighted by atomic mass is 10.1. The number of amides is 1. The Bertz CT molecular complexity index is 630. The van der Waals surface area contributed by atoms with Crippen molar-refractivity contribution in [1.82, 2.24) is 19.5 Å².